The topological polar surface area (TPSA) is 85.3 Å². The summed E-state index contributed by atoms with van der Waals surface area (Å²) >= 11 is 0. The van der Waals surface area contributed by atoms with E-state index in [9.17, 15) is 14.7 Å². The van der Waals surface area contributed by atoms with Crippen LogP contribution in [0.15, 0.2) is 0 Å². The molecule has 1 N–H and O–H groups in total. The molecule has 0 amide bonds. The Morgan fingerprint density at radius 3 is 2.00 bits per heavy atom. The molecule has 19 heavy (non-hydrogen) atoms. The second-order valence-electron chi connectivity index (χ2n) is 4.83. The second-order valence-corrected chi connectivity index (χ2v) is 4.83. The molecule has 0 aromatic carbocycles. The van der Waals surface area contributed by atoms with Crippen molar-refractivity contribution in [2.75, 3.05) is 14.1 Å². The maximum atomic E-state index is 11.2. The van der Waals surface area contributed by atoms with Crippen LogP contribution in [0, 0.1) is 0 Å². The van der Waals surface area contributed by atoms with Gasteiger partial charge in [0.2, 0.25) is 0 Å². The number of nitrogens with zero attached hydrogens (tertiary/aromatic N) is 1. The molecule has 7 heteroatoms. The van der Waals surface area contributed by atoms with Crippen LogP contribution >= 0.6 is 0 Å². The first-order valence-electron chi connectivity index (χ1n) is 6.08. The molecule has 1 aliphatic rings. The highest BCUT2D eigenvalue weighted by molar-refractivity contribution is 5.67. The number of hydrogen-bond donors (Lipinski definition) is 1. The van der Waals surface area contributed by atoms with Gasteiger partial charge in [-0.1, -0.05) is 0 Å². The minimum Gasteiger partial charge on any atom is -0.458 e. The second kappa shape index (κ2) is 6.31. The normalized spacial score (nSPS) is 35.0. The summed E-state index contributed by atoms with van der Waals surface area (Å²) in [7, 11) is 3.50. The van der Waals surface area contributed by atoms with Crippen molar-refractivity contribution in [3.63, 3.8) is 0 Å². The van der Waals surface area contributed by atoms with E-state index in [1.165, 1.54) is 13.8 Å². The Labute approximate surface area is 112 Å². The van der Waals surface area contributed by atoms with Crippen molar-refractivity contribution in [2.24, 2.45) is 0 Å². The molecule has 5 atom stereocenters. The molecule has 0 spiro atoms. The Kier molecular flexibility index (Phi) is 5.28. The van der Waals surface area contributed by atoms with Crippen LogP contribution < -0.4 is 0 Å². The number of carbonyl (C=O) groups is 2. The Balaban J connectivity index is 3.00. The standard InChI is InChI=1S/C12H21NO6/c1-6-10(18-7(2)14)9(13(4)5)11(12(16)17-6)19-8(3)15/h6,9-12,16H,1-5H3. The molecule has 7 nitrogen and oxygen atoms in total. The molecule has 0 aromatic rings. The van der Waals surface area contributed by atoms with E-state index in [2.05, 4.69) is 0 Å². The van der Waals surface area contributed by atoms with Crippen molar-refractivity contribution in [3.05, 3.63) is 0 Å². The highest BCUT2D eigenvalue weighted by atomic mass is 16.7. The third kappa shape index (κ3) is 3.89. The first-order valence-corrected chi connectivity index (χ1v) is 6.08. The first-order chi connectivity index (χ1) is 8.73. The van der Waals surface area contributed by atoms with Crippen LogP contribution in [-0.4, -0.2) is 66.7 Å². The predicted octanol–water partition coefficient (Wildman–Crippen LogP) is -0.483. The molecule has 0 aromatic heterocycles. The van der Waals surface area contributed by atoms with Gasteiger partial charge in [0, 0.05) is 13.8 Å². The van der Waals surface area contributed by atoms with Crippen molar-refractivity contribution in [1.82, 2.24) is 4.90 Å². The molecule has 110 valence electrons. The zero-order valence-electron chi connectivity index (χ0n) is 11.8. The minimum atomic E-state index is -1.25. The SMILES string of the molecule is CC(=O)OC1C(C)OC(O)C(OC(C)=O)C1N(C)C. The van der Waals surface area contributed by atoms with Gasteiger partial charge in [0.15, 0.2) is 12.4 Å². The van der Waals surface area contributed by atoms with Crippen LogP contribution in [0.2, 0.25) is 0 Å². The zero-order valence-corrected chi connectivity index (χ0v) is 11.8. The Morgan fingerprint density at radius 2 is 1.58 bits per heavy atom. The third-order valence-electron chi connectivity index (χ3n) is 2.97. The number of aliphatic hydroxyl groups excluding tert-OH is 1. The third-order valence-corrected chi connectivity index (χ3v) is 2.97. The van der Waals surface area contributed by atoms with Crippen molar-refractivity contribution in [1.29, 1.82) is 0 Å². The van der Waals surface area contributed by atoms with E-state index in [0.29, 0.717) is 0 Å². The Hall–Kier alpha value is -1.18. The van der Waals surface area contributed by atoms with Gasteiger partial charge in [-0.15, -0.1) is 0 Å². The number of hydrogen-bond acceptors (Lipinski definition) is 7. The average molecular weight is 275 g/mol. The maximum absolute atomic E-state index is 11.2. The minimum absolute atomic E-state index is 0.453. The molecule has 1 aliphatic heterocycles. The van der Waals surface area contributed by atoms with E-state index < -0.39 is 42.6 Å². The number of esters is 2. The van der Waals surface area contributed by atoms with Gasteiger partial charge in [-0.3, -0.25) is 14.5 Å². The van der Waals surface area contributed by atoms with Gasteiger partial charge in [-0.05, 0) is 21.0 Å². The van der Waals surface area contributed by atoms with E-state index >= 15 is 0 Å². The van der Waals surface area contributed by atoms with Crippen molar-refractivity contribution in [2.45, 2.75) is 51.4 Å². The summed E-state index contributed by atoms with van der Waals surface area (Å²) in [5.74, 6) is -0.985. The summed E-state index contributed by atoms with van der Waals surface area (Å²) in [6, 6.07) is -0.480. The van der Waals surface area contributed by atoms with Crippen LogP contribution in [0.25, 0.3) is 0 Å². The number of aliphatic hydroxyl groups is 1. The summed E-state index contributed by atoms with van der Waals surface area (Å²) in [5, 5.41) is 9.89. The highest BCUT2D eigenvalue weighted by Gasteiger charge is 2.48. The number of carbonyl (C=O) groups excluding carboxylic acids is 2. The summed E-state index contributed by atoms with van der Waals surface area (Å²) < 4.78 is 15.6. The molecular weight excluding hydrogens is 254 g/mol. The lowest BCUT2D eigenvalue weighted by Gasteiger charge is -2.45. The van der Waals surface area contributed by atoms with Gasteiger partial charge in [-0.2, -0.15) is 0 Å². The molecule has 0 aliphatic carbocycles. The molecular formula is C12H21NO6. The largest absolute Gasteiger partial charge is 0.458 e. The van der Waals surface area contributed by atoms with Crippen molar-refractivity contribution < 1.29 is 28.9 Å². The van der Waals surface area contributed by atoms with Gasteiger partial charge in [0.05, 0.1) is 12.1 Å². The Bertz CT molecular complexity index is 317. The van der Waals surface area contributed by atoms with Crippen molar-refractivity contribution in [3.8, 4) is 0 Å². The van der Waals surface area contributed by atoms with E-state index in [1.807, 2.05) is 0 Å². The number of likely N-dealkylation sites (N-methyl/N-ethyl adjacent to an activating group) is 1. The van der Waals surface area contributed by atoms with Crippen molar-refractivity contribution >= 4 is 11.9 Å². The zero-order chi connectivity index (χ0) is 14.7. The van der Waals surface area contributed by atoms with Gasteiger partial charge < -0.3 is 19.3 Å². The lowest BCUT2D eigenvalue weighted by atomic mass is 9.95. The van der Waals surface area contributed by atoms with Crippen LogP contribution in [0.5, 0.6) is 0 Å². The molecule has 0 radical (unpaired) electrons. The quantitative estimate of drug-likeness (QED) is 0.696. The molecule has 1 saturated heterocycles. The van der Waals surface area contributed by atoms with Gasteiger partial charge in [0.25, 0.3) is 0 Å². The number of ether oxygens (including phenoxy) is 3. The highest BCUT2D eigenvalue weighted by Crippen LogP contribution is 2.27. The van der Waals surface area contributed by atoms with Crippen LogP contribution in [0.1, 0.15) is 20.8 Å². The molecule has 1 rings (SSSR count). The first kappa shape index (κ1) is 15.9. The summed E-state index contributed by atoms with van der Waals surface area (Å²) in [6.45, 7) is 4.24. The summed E-state index contributed by atoms with van der Waals surface area (Å²) in [4.78, 5) is 24.0. The molecule has 0 bridgehead atoms. The maximum Gasteiger partial charge on any atom is 0.303 e. The summed E-state index contributed by atoms with van der Waals surface area (Å²) in [5.41, 5.74) is 0. The predicted molar refractivity (Wildman–Crippen MR) is 65.1 cm³/mol. The smallest absolute Gasteiger partial charge is 0.303 e. The van der Waals surface area contributed by atoms with Gasteiger partial charge >= 0.3 is 11.9 Å². The van der Waals surface area contributed by atoms with E-state index in [4.69, 9.17) is 14.2 Å². The lowest BCUT2D eigenvalue weighted by molar-refractivity contribution is -0.272. The average Bonchev–Trinajstić information content (AvgIpc) is 2.23. The van der Waals surface area contributed by atoms with E-state index in [1.54, 1.807) is 25.9 Å². The van der Waals surface area contributed by atoms with Crippen LogP contribution in [0.4, 0.5) is 0 Å². The Morgan fingerprint density at radius 1 is 1.11 bits per heavy atom. The molecule has 0 saturated carbocycles. The van der Waals surface area contributed by atoms with Crippen LogP contribution in [0.3, 0.4) is 0 Å². The van der Waals surface area contributed by atoms with E-state index in [-0.39, 0.29) is 0 Å². The summed E-state index contributed by atoms with van der Waals surface area (Å²) in [6.07, 6.45) is -3.29. The molecule has 5 unspecified atom stereocenters. The van der Waals surface area contributed by atoms with E-state index in [0.717, 1.165) is 0 Å². The fraction of sp³-hybridized carbons (Fsp3) is 0.833. The number of rotatable bonds is 3. The van der Waals surface area contributed by atoms with Crippen LogP contribution in [-0.2, 0) is 23.8 Å². The lowest BCUT2D eigenvalue weighted by Crippen LogP contribution is -2.63. The molecule has 1 fully saturated rings. The van der Waals surface area contributed by atoms with Gasteiger partial charge in [-0.25, -0.2) is 0 Å². The monoisotopic (exact) mass is 275 g/mol. The van der Waals surface area contributed by atoms with Gasteiger partial charge in [0.1, 0.15) is 6.10 Å². The fourth-order valence-corrected chi connectivity index (χ4v) is 2.27. The molecule has 1 heterocycles. The fourth-order valence-electron chi connectivity index (χ4n) is 2.27.